The van der Waals surface area contributed by atoms with Crippen LogP contribution < -0.4 is 10.2 Å². The first-order valence-electron chi connectivity index (χ1n) is 9.26. The molecule has 0 unspecified atom stereocenters. The average Bonchev–Trinajstić information content (AvgIpc) is 3.06. The molecule has 26 heavy (non-hydrogen) atoms. The van der Waals surface area contributed by atoms with Crippen molar-refractivity contribution in [1.82, 2.24) is 9.97 Å². The Balaban J connectivity index is 1.50. The zero-order valence-electron chi connectivity index (χ0n) is 15.7. The van der Waals surface area contributed by atoms with Gasteiger partial charge in [-0.2, -0.15) is 0 Å². The molecular weight excluding hydrogens is 328 g/mol. The van der Waals surface area contributed by atoms with E-state index < -0.39 is 0 Å². The Kier molecular flexibility index (Phi) is 4.54. The molecule has 138 valence electrons. The first-order chi connectivity index (χ1) is 12.5. The fourth-order valence-electron chi connectivity index (χ4n) is 3.61. The Hall–Kier alpha value is -2.18. The van der Waals surface area contributed by atoms with Crippen LogP contribution in [0.15, 0.2) is 24.3 Å². The Morgan fingerprint density at radius 3 is 2.38 bits per heavy atom. The second-order valence-corrected chi connectivity index (χ2v) is 7.18. The lowest BCUT2D eigenvalue weighted by atomic mass is 10.0. The minimum absolute atomic E-state index is 0.362. The van der Waals surface area contributed by atoms with E-state index in [-0.39, 0.29) is 5.79 Å². The molecule has 1 spiro atoms. The number of nitrogens with zero attached hydrogens (tertiary/aromatic N) is 3. The van der Waals surface area contributed by atoms with Gasteiger partial charge in [0.15, 0.2) is 5.79 Å². The standard InChI is InChI=1S/C20H26N4O2/c1-14-4-5-17(12-15(14)2)23-18-13-19(22-16(3)21-18)24-8-6-20(7-9-24)25-10-11-26-20/h4-5,12-13H,6-11H2,1-3H3,(H,21,22,23). The fraction of sp³-hybridized carbons (Fsp3) is 0.500. The van der Waals surface area contributed by atoms with Crippen molar-refractivity contribution in [1.29, 1.82) is 0 Å². The summed E-state index contributed by atoms with van der Waals surface area (Å²) in [4.78, 5) is 11.5. The molecule has 2 fully saturated rings. The third-order valence-electron chi connectivity index (χ3n) is 5.27. The topological polar surface area (TPSA) is 59.5 Å². The Morgan fingerprint density at radius 1 is 0.962 bits per heavy atom. The highest BCUT2D eigenvalue weighted by atomic mass is 16.7. The maximum atomic E-state index is 5.82. The van der Waals surface area contributed by atoms with Crippen LogP contribution in [0.3, 0.4) is 0 Å². The second kappa shape index (κ2) is 6.85. The van der Waals surface area contributed by atoms with E-state index in [0.29, 0.717) is 13.2 Å². The summed E-state index contributed by atoms with van der Waals surface area (Å²) in [7, 11) is 0. The SMILES string of the molecule is Cc1nc(Nc2ccc(C)c(C)c2)cc(N2CCC3(CC2)OCCO3)n1. The molecule has 6 nitrogen and oxygen atoms in total. The summed E-state index contributed by atoms with van der Waals surface area (Å²) < 4.78 is 11.6. The van der Waals surface area contributed by atoms with E-state index in [9.17, 15) is 0 Å². The Morgan fingerprint density at radius 2 is 1.69 bits per heavy atom. The molecule has 6 heteroatoms. The van der Waals surface area contributed by atoms with Gasteiger partial charge < -0.3 is 19.7 Å². The monoisotopic (exact) mass is 354 g/mol. The zero-order chi connectivity index (χ0) is 18.1. The van der Waals surface area contributed by atoms with Crippen molar-refractivity contribution >= 4 is 17.3 Å². The lowest BCUT2D eigenvalue weighted by Crippen LogP contribution is -2.45. The summed E-state index contributed by atoms with van der Waals surface area (Å²) in [6.45, 7) is 9.33. The highest BCUT2D eigenvalue weighted by Gasteiger charge is 2.40. The molecule has 0 saturated carbocycles. The van der Waals surface area contributed by atoms with Crippen LogP contribution in [0.4, 0.5) is 17.3 Å². The van der Waals surface area contributed by atoms with Gasteiger partial charge in [-0.3, -0.25) is 0 Å². The van der Waals surface area contributed by atoms with Gasteiger partial charge in [-0.25, -0.2) is 9.97 Å². The summed E-state index contributed by atoms with van der Waals surface area (Å²) in [5, 5.41) is 3.41. The van der Waals surface area contributed by atoms with Crippen LogP contribution in [0.1, 0.15) is 29.8 Å². The van der Waals surface area contributed by atoms with Gasteiger partial charge in [0.25, 0.3) is 0 Å². The molecule has 2 aromatic rings. The van der Waals surface area contributed by atoms with Gasteiger partial charge in [0.2, 0.25) is 0 Å². The van der Waals surface area contributed by atoms with Crippen molar-refractivity contribution < 1.29 is 9.47 Å². The Labute approximate surface area is 154 Å². The number of aryl methyl sites for hydroxylation is 3. The highest BCUT2D eigenvalue weighted by molar-refractivity contribution is 5.61. The molecule has 0 radical (unpaired) electrons. The van der Waals surface area contributed by atoms with Gasteiger partial charge in [0.1, 0.15) is 17.5 Å². The molecule has 1 N–H and O–H groups in total. The predicted octanol–water partition coefficient (Wildman–Crippen LogP) is 3.49. The third-order valence-corrected chi connectivity index (χ3v) is 5.27. The van der Waals surface area contributed by atoms with Crippen LogP contribution >= 0.6 is 0 Å². The number of piperidine rings is 1. The summed E-state index contributed by atoms with van der Waals surface area (Å²) >= 11 is 0. The third kappa shape index (κ3) is 3.52. The van der Waals surface area contributed by atoms with E-state index in [0.717, 1.165) is 49.1 Å². The van der Waals surface area contributed by atoms with Crippen LogP contribution in [-0.4, -0.2) is 42.1 Å². The maximum absolute atomic E-state index is 5.82. The highest BCUT2D eigenvalue weighted by Crippen LogP contribution is 2.33. The van der Waals surface area contributed by atoms with E-state index in [1.807, 2.05) is 13.0 Å². The number of anilines is 3. The first-order valence-corrected chi connectivity index (χ1v) is 9.26. The van der Waals surface area contributed by atoms with Crippen molar-refractivity contribution in [2.45, 2.75) is 39.4 Å². The van der Waals surface area contributed by atoms with Crippen molar-refractivity contribution in [2.75, 3.05) is 36.5 Å². The number of nitrogens with one attached hydrogen (secondary N) is 1. The van der Waals surface area contributed by atoms with Crippen LogP contribution in [0.5, 0.6) is 0 Å². The van der Waals surface area contributed by atoms with Gasteiger partial charge >= 0.3 is 0 Å². The maximum Gasteiger partial charge on any atom is 0.171 e. The zero-order valence-corrected chi connectivity index (χ0v) is 15.7. The van der Waals surface area contributed by atoms with E-state index in [2.05, 4.69) is 52.2 Å². The first kappa shape index (κ1) is 17.2. The molecular formula is C20H26N4O2. The van der Waals surface area contributed by atoms with Crippen LogP contribution in [-0.2, 0) is 9.47 Å². The molecule has 1 aromatic heterocycles. The lowest BCUT2D eigenvalue weighted by Gasteiger charge is -2.38. The molecule has 0 bridgehead atoms. The summed E-state index contributed by atoms with van der Waals surface area (Å²) in [6.07, 6.45) is 1.74. The molecule has 0 aliphatic carbocycles. The van der Waals surface area contributed by atoms with Gasteiger partial charge in [-0.15, -0.1) is 0 Å². The van der Waals surface area contributed by atoms with Crippen molar-refractivity contribution in [3.63, 3.8) is 0 Å². The molecule has 0 atom stereocenters. The number of benzene rings is 1. The number of ether oxygens (including phenoxy) is 2. The number of rotatable bonds is 3. The molecule has 2 aliphatic heterocycles. The smallest absolute Gasteiger partial charge is 0.171 e. The van der Waals surface area contributed by atoms with Crippen LogP contribution in [0, 0.1) is 20.8 Å². The molecule has 2 saturated heterocycles. The van der Waals surface area contributed by atoms with E-state index in [1.54, 1.807) is 0 Å². The number of hydrogen-bond acceptors (Lipinski definition) is 6. The number of aromatic nitrogens is 2. The quantitative estimate of drug-likeness (QED) is 0.910. The van der Waals surface area contributed by atoms with E-state index in [4.69, 9.17) is 9.47 Å². The van der Waals surface area contributed by atoms with Crippen LogP contribution in [0.2, 0.25) is 0 Å². The van der Waals surface area contributed by atoms with Gasteiger partial charge in [0, 0.05) is 37.7 Å². The van der Waals surface area contributed by atoms with Gasteiger partial charge in [-0.05, 0) is 44.0 Å². The summed E-state index contributed by atoms with van der Waals surface area (Å²) in [6, 6.07) is 8.37. The molecule has 3 heterocycles. The minimum atomic E-state index is -0.362. The molecule has 2 aliphatic rings. The summed E-state index contributed by atoms with van der Waals surface area (Å²) in [5.74, 6) is 2.18. The summed E-state index contributed by atoms with van der Waals surface area (Å²) in [5.41, 5.74) is 3.59. The normalized spacial score (nSPS) is 19.1. The molecule has 0 amide bonds. The average molecular weight is 354 g/mol. The molecule has 4 rings (SSSR count). The molecule has 1 aromatic carbocycles. The van der Waals surface area contributed by atoms with Gasteiger partial charge in [-0.1, -0.05) is 6.07 Å². The lowest BCUT2D eigenvalue weighted by molar-refractivity contribution is -0.169. The number of hydrogen-bond donors (Lipinski definition) is 1. The van der Waals surface area contributed by atoms with Crippen LogP contribution in [0.25, 0.3) is 0 Å². The van der Waals surface area contributed by atoms with Crippen molar-refractivity contribution in [2.24, 2.45) is 0 Å². The largest absolute Gasteiger partial charge is 0.356 e. The predicted molar refractivity (Wildman–Crippen MR) is 102 cm³/mol. The van der Waals surface area contributed by atoms with E-state index in [1.165, 1.54) is 11.1 Å². The van der Waals surface area contributed by atoms with Crippen molar-refractivity contribution in [3.05, 3.63) is 41.2 Å². The minimum Gasteiger partial charge on any atom is -0.356 e. The fourth-order valence-corrected chi connectivity index (χ4v) is 3.61. The van der Waals surface area contributed by atoms with E-state index >= 15 is 0 Å². The Bertz CT molecular complexity index is 792. The second-order valence-electron chi connectivity index (χ2n) is 7.18. The van der Waals surface area contributed by atoms with Crippen molar-refractivity contribution in [3.8, 4) is 0 Å². The van der Waals surface area contributed by atoms with Gasteiger partial charge in [0.05, 0.1) is 13.2 Å².